The molecular formula is C22H26N8. The van der Waals surface area contributed by atoms with Crippen LogP contribution in [0.1, 0.15) is 44.4 Å². The third kappa shape index (κ3) is 4.42. The van der Waals surface area contributed by atoms with Crippen molar-refractivity contribution in [2.24, 2.45) is 5.92 Å². The Labute approximate surface area is 175 Å². The number of aromatic amines is 1. The number of pyridine rings is 1. The lowest BCUT2D eigenvalue weighted by Gasteiger charge is -2.08. The number of hydrogen-bond acceptors (Lipinski definition) is 6. The summed E-state index contributed by atoms with van der Waals surface area (Å²) < 4.78 is 2.02. The van der Waals surface area contributed by atoms with E-state index in [9.17, 15) is 0 Å². The van der Waals surface area contributed by atoms with Crippen LogP contribution in [-0.4, -0.2) is 40.4 Å². The van der Waals surface area contributed by atoms with Crippen LogP contribution in [0.25, 0.3) is 22.6 Å². The van der Waals surface area contributed by atoms with Crippen LogP contribution in [0, 0.1) is 5.92 Å². The second-order valence-electron chi connectivity index (χ2n) is 7.80. The van der Waals surface area contributed by atoms with Gasteiger partial charge in [0, 0.05) is 30.2 Å². The Bertz CT molecular complexity index is 1080. The Balaban J connectivity index is 1.58. The predicted octanol–water partition coefficient (Wildman–Crippen LogP) is 3.72. The molecule has 0 atom stereocenters. The maximum atomic E-state index is 4.75. The second-order valence-corrected chi connectivity index (χ2v) is 7.80. The number of aromatic nitrogens is 8. The average molecular weight is 403 g/mol. The number of benzene rings is 1. The summed E-state index contributed by atoms with van der Waals surface area (Å²) in [7, 11) is 0. The Kier molecular flexibility index (Phi) is 5.92. The average Bonchev–Trinajstić information content (AvgIpc) is 3.39. The molecule has 8 heteroatoms. The van der Waals surface area contributed by atoms with Crippen molar-refractivity contribution in [1.29, 1.82) is 0 Å². The molecule has 0 aliphatic carbocycles. The van der Waals surface area contributed by atoms with Gasteiger partial charge < -0.3 is 0 Å². The number of hydrogen-bond donors (Lipinski definition) is 1. The van der Waals surface area contributed by atoms with Crippen LogP contribution in [-0.2, 0) is 19.4 Å². The van der Waals surface area contributed by atoms with Crippen LogP contribution >= 0.6 is 0 Å². The van der Waals surface area contributed by atoms with E-state index < -0.39 is 0 Å². The van der Waals surface area contributed by atoms with Gasteiger partial charge in [0.05, 0.1) is 12.2 Å². The van der Waals surface area contributed by atoms with E-state index in [4.69, 9.17) is 15.1 Å². The van der Waals surface area contributed by atoms with E-state index in [1.54, 1.807) is 0 Å². The number of aryl methyl sites for hydroxylation is 1. The van der Waals surface area contributed by atoms with Crippen LogP contribution in [0.2, 0.25) is 0 Å². The van der Waals surface area contributed by atoms with Gasteiger partial charge in [-0.3, -0.25) is 4.98 Å². The van der Waals surface area contributed by atoms with Crippen LogP contribution in [0.3, 0.4) is 0 Å². The fourth-order valence-corrected chi connectivity index (χ4v) is 3.45. The smallest absolute Gasteiger partial charge is 0.180 e. The molecule has 4 aromatic rings. The van der Waals surface area contributed by atoms with Crippen LogP contribution < -0.4 is 0 Å². The second kappa shape index (κ2) is 8.94. The van der Waals surface area contributed by atoms with Gasteiger partial charge in [-0.1, -0.05) is 51.1 Å². The molecule has 0 amide bonds. The highest BCUT2D eigenvalue weighted by Crippen LogP contribution is 2.28. The van der Waals surface area contributed by atoms with Crippen LogP contribution in [0.15, 0.2) is 42.6 Å². The zero-order valence-corrected chi connectivity index (χ0v) is 17.6. The molecule has 3 aromatic heterocycles. The molecule has 0 aliphatic rings. The number of H-pyrrole nitrogens is 1. The van der Waals surface area contributed by atoms with Gasteiger partial charge in [-0.05, 0) is 34.4 Å². The molecule has 0 spiro atoms. The Morgan fingerprint density at radius 2 is 1.90 bits per heavy atom. The minimum absolute atomic E-state index is 0.538. The third-order valence-corrected chi connectivity index (χ3v) is 4.82. The van der Waals surface area contributed by atoms with Crippen molar-refractivity contribution in [2.75, 3.05) is 0 Å². The SMILES string of the molecule is CCCc1nc(CC(C)C)nn1Cc1ccc(-c2ccccc2-c2nnn[nH]2)nc1. The van der Waals surface area contributed by atoms with E-state index >= 15 is 0 Å². The normalized spacial score (nSPS) is 11.3. The van der Waals surface area contributed by atoms with E-state index in [0.717, 1.165) is 53.3 Å². The fourth-order valence-electron chi connectivity index (χ4n) is 3.45. The van der Waals surface area contributed by atoms with Crippen molar-refractivity contribution in [3.63, 3.8) is 0 Å². The van der Waals surface area contributed by atoms with Gasteiger partial charge in [-0.15, -0.1) is 5.10 Å². The Morgan fingerprint density at radius 1 is 1.07 bits per heavy atom. The summed E-state index contributed by atoms with van der Waals surface area (Å²) in [4.78, 5) is 9.45. The zero-order valence-electron chi connectivity index (χ0n) is 17.6. The van der Waals surface area contributed by atoms with Crippen LogP contribution in [0.4, 0.5) is 0 Å². The van der Waals surface area contributed by atoms with Gasteiger partial charge in [0.2, 0.25) is 0 Å². The van der Waals surface area contributed by atoms with Crippen molar-refractivity contribution >= 4 is 0 Å². The summed E-state index contributed by atoms with van der Waals surface area (Å²) >= 11 is 0. The predicted molar refractivity (Wildman–Crippen MR) is 115 cm³/mol. The first kappa shape index (κ1) is 19.9. The van der Waals surface area contributed by atoms with Gasteiger partial charge in [-0.25, -0.2) is 14.8 Å². The molecule has 0 radical (unpaired) electrons. The molecule has 8 nitrogen and oxygen atoms in total. The minimum Gasteiger partial charge on any atom is -0.256 e. The molecule has 0 bridgehead atoms. The third-order valence-electron chi connectivity index (χ3n) is 4.82. The van der Waals surface area contributed by atoms with Crippen molar-refractivity contribution in [3.05, 3.63) is 59.8 Å². The summed E-state index contributed by atoms with van der Waals surface area (Å²) in [6.45, 7) is 7.21. The summed E-state index contributed by atoms with van der Waals surface area (Å²) in [6.07, 6.45) is 4.78. The molecule has 0 fully saturated rings. The first-order chi connectivity index (χ1) is 14.6. The van der Waals surface area contributed by atoms with Gasteiger partial charge >= 0.3 is 0 Å². The van der Waals surface area contributed by atoms with Gasteiger partial charge in [0.1, 0.15) is 5.82 Å². The summed E-state index contributed by atoms with van der Waals surface area (Å²) in [5.41, 5.74) is 3.87. The highest BCUT2D eigenvalue weighted by molar-refractivity contribution is 5.78. The van der Waals surface area contributed by atoms with Crippen LogP contribution in [0.5, 0.6) is 0 Å². The minimum atomic E-state index is 0.538. The van der Waals surface area contributed by atoms with Crippen molar-refractivity contribution in [2.45, 2.75) is 46.6 Å². The van der Waals surface area contributed by atoms with Crippen molar-refractivity contribution < 1.29 is 0 Å². The first-order valence-corrected chi connectivity index (χ1v) is 10.3. The molecule has 0 saturated heterocycles. The lowest BCUT2D eigenvalue weighted by Crippen LogP contribution is -2.07. The lowest BCUT2D eigenvalue weighted by atomic mass is 10.0. The van der Waals surface area contributed by atoms with E-state index in [2.05, 4.69) is 47.5 Å². The number of nitrogens with zero attached hydrogens (tertiary/aromatic N) is 7. The summed E-state index contributed by atoms with van der Waals surface area (Å²) in [5, 5.41) is 19.0. The molecule has 0 unspecified atom stereocenters. The van der Waals surface area contributed by atoms with E-state index in [0.29, 0.717) is 18.3 Å². The highest BCUT2D eigenvalue weighted by Gasteiger charge is 2.13. The standard InChI is InChI=1S/C22H26N8/c1-4-7-21-24-20(12-15(2)3)27-30(21)14-16-10-11-19(23-13-16)17-8-5-6-9-18(17)22-25-28-29-26-22/h5-6,8-11,13,15H,4,7,12,14H2,1-3H3,(H,25,26,28,29). The molecule has 1 aromatic carbocycles. The van der Waals surface area contributed by atoms with E-state index in [-0.39, 0.29) is 0 Å². The summed E-state index contributed by atoms with van der Waals surface area (Å²) in [6, 6.07) is 12.1. The monoisotopic (exact) mass is 402 g/mol. The highest BCUT2D eigenvalue weighted by atomic mass is 15.5. The van der Waals surface area contributed by atoms with E-state index in [1.165, 1.54) is 0 Å². The number of nitrogens with one attached hydrogen (secondary N) is 1. The van der Waals surface area contributed by atoms with E-state index in [1.807, 2.05) is 41.2 Å². The molecule has 3 heterocycles. The maximum Gasteiger partial charge on any atom is 0.180 e. The Morgan fingerprint density at radius 3 is 2.57 bits per heavy atom. The maximum absolute atomic E-state index is 4.75. The number of tetrazole rings is 1. The molecule has 0 aliphatic heterocycles. The molecule has 1 N–H and O–H groups in total. The molecule has 30 heavy (non-hydrogen) atoms. The molecule has 154 valence electrons. The lowest BCUT2D eigenvalue weighted by molar-refractivity contribution is 0.594. The van der Waals surface area contributed by atoms with Crippen molar-refractivity contribution in [1.82, 2.24) is 40.4 Å². The zero-order chi connectivity index (χ0) is 20.9. The van der Waals surface area contributed by atoms with Gasteiger partial charge in [0.25, 0.3) is 0 Å². The van der Waals surface area contributed by atoms with Gasteiger partial charge in [0.15, 0.2) is 11.6 Å². The molecule has 4 rings (SSSR count). The van der Waals surface area contributed by atoms with Gasteiger partial charge in [-0.2, -0.15) is 5.10 Å². The molecular weight excluding hydrogens is 376 g/mol. The fraction of sp³-hybridized carbons (Fsp3) is 0.364. The quantitative estimate of drug-likeness (QED) is 0.482. The first-order valence-electron chi connectivity index (χ1n) is 10.3. The topological polar surface area (TPSA) is 98.1 Å². The largest absolute Gasteiger partial charge is 0.256 e. The number of rotatable bonds is 8. The van der Waals surface area contributed by atoms with Crippen molar-refractivity contribution in [3.8, 4) is 22.6 Å². The summed E-state index contributed by atoms with van der Waals surface area (Å²) in [5.74, 6) is 3.13. The molecule has 0 saturated carbocycles. The Hall–Kier alpha value is -3.42.